The molecule has 0 saturated heterocycles. The van der Waals surface area contributed by atoms with Crippen LogP contribution in [0.2, 0.25) is 10.0 Å². The van der Waals surface area contributed by atoms with Crippen LogP contribution in [0.5, 0.6) is 5.75 Å². The van der Waals surface area contributed by atoms with Crippen LogP contribution in [-0.4, -0.2) is 33.0 Å². The molecule has 1 amide bonds. The minimum atomic E-state index is -0.551. The molecule has 10 heteroatoms. The van der Waals surface area contributed by atoms with Gasteiger partial charge >= 0.3 is 0 Å². The number of carbonyl (C=O) groups is 1. The van der Waals surface area contributed by atoms with E-state index >= 15 is 0 Å². The number of anilines is 1. The fourth-order valence-electron chi connectivity index (χ4n) is 3.17. The Hall–Kier alpha value is -3.07. The average Bonchev–Trinajstić information content (AvgIpc) is 3.25. The number of rotatable bonds is 8. The maximum atomic E-state index is 13.4. The quantitative estimate of drug-likeness (QED) is 0.270. The number of nitrogens with zero attached hydrogens (tertiary/aromatic N) is 3. The van der Waals surface area contributed by atoms with Crippen LogP contribution in [0.25, 0.3) is 17.1 Å². The molecule has 0 aliphatic heterocycles. The number of hydrogen-bond acceptors (Lipinski definition) is 5. The maximum Gasteiger partial charge on any atom is 0.234 e. The first kappa shape index (κ1) is 24.1. The molecule has 4 rings (SSSR count). The molecular formula is C24H19Cl2FN4O2S. The van der Waals surface area contributed by atoms with E-state index in [1.165, 1.54) is 30.0 Å². The molecule has 4 aromatic rings. The summed E-state index contributed by atoms with van der Waals surface area (Å²) in [7, 11) is 0. The third-order valence-electron chi connectivity index (χ3n) is 4.69. The van der Waals surface area contributed by atoms with Gasteiger partial charge in [0.05, 0.1) is 22.4 Å². The topological polar surface area (TPSA) is 69.0 Å². The summed E-state index contributed by atoms with van der Waals surface area (Å²) in [6, 6.07) is 18.8. The molecule has 0 saturated carbocycles. The number of carbonyl (C=O) groups excluding carboxylic acids is 1. The molecule has 34 heavy (non-hydrogen) atoms. The van der Waals surface area contributed by atoms with E-state index < -0.39 is 5.82 Å². The van der Waals surface area contributed by atoms with Crippen molar-refractivity contribution in [3.63, 3.8) is 0 Å². The standard InChI is InChI=1S/C24H19Cl2FN4O2S/c1-2-33-17-10-8-16(9-11-17)31-23(18-5-3-4-6-19(18)25)29-30-24(31)34-14-22(32)28-15-7-12-21(27)20(26)13-15/h3-13H,2,14H2,1H3,(H,28,32). The Kier molecular flexibility index (Phi) is 7.72. The van der Waals surface area contributed by atoms with E-state index in [1.54, 1.807) is 6.07 Å². The molecule has 0 unspecified atom stereocenters. The smallest absolute Gasteiger partial charge is 0.234 e. The Morgan fingerprint density at radius 3 is 2.53 bits per heavy atom. The fourth-order valence-corrected chi connectivity index (χ4v) is 4.33. The van der Waals surface area contributed by atoms with Gasteiger partial charge in [0.2, 0.25) is 5.91 Å². The van der Waals surface area contributed by atoms with E-state index in [1.807, 2.05) is 54.0 Å². The molecule has 0 radical (unpaired) electrons. The zero-order valence-electron chi connectivity index (χ0n) is 18.0. The monoisotopic (exact) mass is 516 g/mol. The lowest BCUT2D eigenvalue weighted by molar-refractivity contribution is -0.113. The first-order valence-corrected chi connectivity index (χ1v) is 12.0. The number of thioether (sulfide) groups is 1. The summed E-state index contributed by atoms with van der Waals surface area (Å²) in [5.41, 5.74) is 1.90. The number of ether oxygens (including phenoxy) is 1. The lowest BCUT2D eigenvalue weighted by Crippen LogP contribution is -2.14. The Bertz CT molecular complexity index is 1310. The van der Waals surface area contributed by atoms with Crippen molar-refractivity contribution >= 4 is 46.6 Å². The molecule has 0 atom stereocenters. The molecular weight excluding hydrogens is 498 g/mol. The van der Waals surface area contributed by atoms with Crippen LogP contribution in [0.1, 0.15) is 6.92 Å². The van der Waals surface area contributed by atoms with Gasteiger partial charge in [0.1, 0.15) is 11.6 Å². The predicted octanol–water partition coefficient (Wildman–Crippen LogP) is 6.51. The summed E-state index contributed by atoms with van der Waals surface area (Å²) in [5, 5.41) is 12.3. The highest BCUT2D eigenvalue weighted by Gasteiger charge is 2.19. The highest BCUT2D eigenvalue weighted by Crippen LogP contribution is 2.32. The lowest BCUT2D eigenvalue weighted by Gasteiger charge is -2.12. The first-order chi connectivity index (χ1) is 16.5. The van der Waals surface area contributed by atoms with Gasteiger partial charge in [-0.1, -0.05) is 47.1 Å². The molecule has 6 nitrogen and oxygen atoms in total. The van der Waals surface area contributed by atoms with Gasteiger partial charge in [-0.15, -0.1) is 10.2 Å². The minimum absolute atomic E-state index is 0.0483. The van der Waals surface area contributed by atoms with Crippen molar-refractivity contribution in [1.82, 2.24) is 14.8 Å². The summed E-state index contributed by atoms with van der Waals surface area (Å²) in [6.07, 6.45) is 0. The Labute approximate surface area is 210 Å². The van der Waals surface area contributed by atoms with Gasteiger partial charge in [-0.2, -0.15) is 0 Å². The molecule has 1 heterocycles. The van der Waals surface area contributed by atoms with Gasteiger partial charge in [0.15, 0.2) is 11.0 Å². The Balaban J connectivity index is 1.61. The second-order valence-corrected chi connectivity index (χ2v) is 8.77. The van der Waals surface area contributed by atoms with Crippen LogP contribution < -0.4 is 10.1 Å². The van der Waals surface area contributed by atoms with Crippen LogP contribution in [0.3, 0.4) is 0 Å². The summed E-state index contributed by atoms with van der Waals surface area (Å²) < 4.78 is 20.7. The van der Waals surface area contributed by atoms with E-state index in [2.05, 4.69) is 15.5 Å². The van der Waals surface area contributed by atoms with E-state index in [4.69, 9.17) is 27.9 Å². The van der Waals surface area contributed by atoms with Crippen LogP contribution in [0.4, 0.5) is 10.1 Å². The highest BCUT2D eigenvalue weighted by molar-refractivity contribution is 7.99. The first-order valence-electron chi connectivity index (χ1n) is 10.3. The van der Waals surface area contributed by atoms with Crippen molar-refractivity contribution in [1.29, 1.82) is 0 Å². The van der Waals surface area contributed by atoms with Crippen molar-refractivity contribution in [2.75, 3.05) is 17.7 Å². The molecule has 174 valence electrons. The maximum absolute atomic E-state index is 13.4. The third-order valence-corrected chi connectivity index (χ3v) is 6.24. The van der Waals surface area contributed by atoms with Crippen LogP contribution in [0.15, 0.2) is 71.9 Å². The summed E-state index contributed by atoms with van der Waals surface area (Å²) in [4.78, 5) is 12.5. The highest BCUT2D eigenvalue weighted by atomic mass is 35.5. The van der Waals surface area contributed by atoms with Crippen molar-refractivity contribution in [2.45, 2.75) is 12.1 Å². The van der Waals surface area contributed by atoms with Crippen LogP contribution in [0, 0.1) is 5.82 Å². The molecule has 3 aromatic carbocycles. The number of nitrogens with one attached hydrogen (secondary N) is 1. The Morgan fingerprint density at radius 2 is 1.82 bits per heavy atom. The number of hydrogen-bond donors (Lipinski definition) is 1. The number of aromatic nitrogens is 3. The average molecular weight is 517 g/mol. The SMILES string of the molecule is CCOc1ccc(-n2c(SCC(=O)Nc3ccc(F)c(Cl)c3)nnc2-c2ccccc2Cl)cc1. The molecule has 1 aromatic heterocycles. The number of benzene rings is 3. The van der Waals surface area contributed by atoms with Gasteiger partial charge < -0.3 is 10.1 Å². The normalized spacial score (nSPS) is 10.8. The van der Waals surface area contributed by atoms with Crippen molar-refractivity contribution in [2.24, 2.45) is 0 Å². The summed E-state index contributed by atoms with van der Waals surface area (Å²) in [6.45, 7) is 2.48. The zero-order chi connectivity index (χ0) is 24.1. The number of halogens is 3. The fraction of sp³-hybridized carbons (Fsp3) is 0.125. The Morgan fingerprint density at radius 1 is 1.06 bits per heavy atom. The number of amides is 1. The van der Waals surface area contributed by atoms with Crippen LogP contribution >= 0.6 is 35.0 Å². The van der Waals surface area contributed by atoms with E-state index in [-0.39, 0.29) is 16.7 Å². The van der Waals surface area contributed by atoms with Gasteiger partial charge in [-0.25, -0.2) is 4.39 Å². The van der Waals surface area contributed by atoms with E-state index in [9.17, 15) is 9.18 Å². The van der Waals surface area contributed by atoms with Gasteiger partial charge in [-0.05, 0) is 61.5 Å². The molecule has 0 bridgehead atoms. The molecule has 0 spiro atoms. The predicted molar refractivity (Wildman–Crippen MR) is 134 cm³/mol. The molecule has 0 aliphatic rings. The van der Waals surface area contributed by atoms with Crippen molar-refractivity contribution < 1.29 is 13.9 Å². The second-order valence-electron chi connectivity index (χ2n) is 7.01. The lowest BCUT2D eigenvalue weighted by atomic mass is 10.2. The van der Waals surface area contributed by atoms with E-state index in [0.717, 1.165) is 11.4 Å². The molecule has 0 aliphatic carbocycles. The van der Waals surface area contributed by atoms with Crippen molar-refractivity contribution in [3.8, 4) is 22.8 Å². The van der Waals surface area contributed by atoms with Gasteiger partial charge in [0, 0.05) is 16.9 Å². The molecule has 0 fully saturated rings. The zero-order valence-corrected chi connectivity index (χ0v) is 20.3. The van der Waals surface area contributed by atoms with Gasteiger partial charge in [0.25, 0.3) is 0 Å². The molecule has 1 N–H and O–H groups in total. The van der Waals surface area contributed by atoms with Crippen molar-refractivity contribution in [3.05, 3.63) is 82.6 Å². The second kappa shape index (κ2) is 10.9. The summed E-state index contributed by atoms with van der Waals surface area (Å²) >= 11 is 13.4. The third kappa shape index (κ3) is 5.52. The summed E-state index contributed by atoms with van der Waals surface area (Å²) in [5.74, 6) is 0.484. The largest absolute Gasteiger partial charge is 0.494 e. The van der Waals surface area contributed by atoms with E-state index in [0.29, 0.717) is 33.9 Å². The van der Waals surface area contributed by atoms with Gasteiger partial charge in [-0.3, -0.25) is 9.36 Å². The minimum Gasteiger partial charge on any atom is -0.494 e. The van der Waals surface area contributed by atoms with Crippen LogP contribution in [-0.2, 0) is 4.79 Å².